The summed E-state index contributed by atoms with van der Waals surface area (Å²) >= 11 is 0. The van der Waals surface area contributed by atoms with Crippen molar-refractivity contribution >= 4 is 11.6 Å². The summed E-state index contributed by atoms with van der Waals surface area (Å²) in [6.07, 6.45) is 4.87. The summed E-state index contributed by atoms with van der Waals surface area (Å²) in [5, 5.41) is 3.10. The van der Waals surface area contributed by atoms with Gasteiger partial charge in [0.1, 0.15) is 11.6 Å². The Morgan fingerprint density at radius 3 is 2.73 bits per heavy atom. The van der Waals surface area contributed by atoms with Crippen molar-refractivity contribution in [2.45, 2.75) is 6.54 Å². The minimum absolute atomic E-state index is 0.415. The van der Waals surface area contributed by atoms with E-state index in [-0.39, 0.29) is 0 Å². The van der Waals surface area contributed by atoms with E-state index in [0.29, 0.717) is 18.2 Å². The van der Waals surface area contributed by atoms with Crippen molar-refractivity contribution in [3.05, 3.63) is 42.5 Å². The van der Waals surface area contributed by atoms with E-state index >= 15 is 0 Å². The van der Waals surface area contributed by atoms with Gasteiger partial charge in [0.2, 0.25) is 0 Å². The van der Waals surface area contributed by atoms with Gasteiger partial charge in [0, 0.05) is 6.20 Å². The molecule has 3 N–H and O–H groups in total. The highest BCUT2D eigenvalue weighted by Gasteiger charge is 1.95. The fourth-order valence-electron chi connectivity index (χ4n) is 1.11. The standard InChI is InChI=1S/C10H11N5/c11-9-6-15-10(7-13-9)14-5-8-3-1-2-4-12-8/h1-4,6-7H,5H2,(H2,11,13)(H,14,15). The molecule has 15 heavy (non-hydrogen) atoms. The van der Waals surface area contributed by atoms with Gasteiger partial charge in [0.25, 0.3) is 0 Å². The summed E-state index contributed by atoms with van der Waals surface area (Å²) in [4.78, 5) is 12.2. The number of nitrogen functional groups attached to an aromatic ring is 1. The van der Waals surface area contributed by atoms with Gasteiger partial charge in [0.05, 0.1) is 24.6 Å². The molecule has 2 aromatic heterocycles. The summed E-state index contributed by atoms with van der Waals surface area (Å²) in [6.45, 7) is 0.624. The summed E-state index contributed by atoms with van der Waals surface area (Å²) in [6, 6.07) is 5.77. The van der Waals surface area contributed by atoms with E-state index in [1.807, 2.05) is 18.2 Å². The number of rotatable bonds is 3. The monoisotopic (exact) mass is 201 g/mol. The van der Waals surface area contributed by atoms with E-state index in [9.17, 15) is 0 Å². The Bertz CT molecular complexity index is 412. The van der Waals surface area contributed by atoms with Crippen LogP contribution < -0.4 is 11.1 Å². The lowest BCUT2D eigenvalue weighted by Crippen LogP contribution is -2.03. The summed E-state index contributed by atoms with van der Waals surface area (Å²) < 4.78 is 0. The van der Waals surface area contributed by atoms with Crippen LogP contribution in [0.1, 0.15) is 5.69 Å². The number of aromatic nitrogens is 3. The largest absolute Gasteiger partial charge is 0.382 e. The van der Waals surface area contributed by atoms with Gasteiger partial charge in [-0.1, -0.05) is 6.07 Å². The predicted molar refractivity (Wildman–Crippen MR) is 58.0 cm³/mol. The van der Waals surface area contributed by atoms with Crippen molar-refractivity contribution in [1.82, 2.24) is 15.0 Å². The van der Waals surface area contributed by atoms with Crippen LogP contribution in [-0.4, -0.2) is 15.0 Å². The number of anilines is 2. The van der Waals surface area contributed by atoms with Gasteiger partial charge in [-0.2, -0.15) is 0 Å². The minimum Gasteiger partial charge on any atom is -0.382 e. The van der Waals surface area contributed by atoms with Crippen LogP contribution >= 0.6 is 0 Å². The average Bonchev–Trinajstić information content (AvgIpc) is 2.30. The first kappa shape index (κ1) is 9.39. The summed E-state index contributed by atoms with van der Waals surface area (Å²) in [7, 11) is 0. The molecule has 2 heterocycles. The van der Waals surface area contributed by atoms with Gasteiger partial charge >= 0.3 is 0 Å². The molecular formula is C10H11N5. The molecule has 5 nitrogen and oxygen atoms in total. The lowest BCUT2D eigenvalue weighted by molar-refractivity contribution is 1.02. The maximum Gasteiger partial charge on any atom is 0.144 e. The lowest BCUT2D eigenvalue weighted by atomic mass is 10.3. The quantitative estimate of drug-likeness (QED) is 0.776. The van der Waals surface area contributed by atoms with Crippen molar-refractivity contribution in [2.75, 3.05) is 11.1 Å². The van der Waals surface area contributed by atoms with Gasteiger partial charge in [-0.15, -0.1) is 0 Å². The molecule has 0 saturated heterocycles. The zero-order valence-electron chi connectivity index (χ0n) is 8.09. The van der Waals surface area contributed by atoms with Gasteiger partial charge in [-0.3, -0.25) is 4.98 Å². The second-order valence-corrected chi connectivity index (χ2v) is 3.00. The molecule has 0 fully saturated rings. The predicted octanol–water partition coefficient (Wildman–Crippen LogP) is 1.07. The van der Waals surface area contributed by atoms with Crippen LogP contribution in [-0.2, 0) is 6.54 Å². The summed E-state index contributed by atoms with van der Waals surface area (Å²) in [5.74, 6) is 1.10. The smallest absolute Gasteiger partial charge is 0.144 e. The van der Waals surface area contributed by atoms with Gasteiger partial charge in [0.15, 0.2) is 0 Å². The van der Waals surface area contributed by atoms with Gasteiger partial charge in [-0.25, -0.2) is 9.97 Å². The number of pyridine rings is 1. The molecule has 2 rings (SSSR count). The molecule has 0 aliphatic heterocycles. The molecule has 0 unspecified atom stereocenters. The highest BCUT2D eigenvalue weighted by atomic mass is 15.0. The molecule has 0 saturated carbocycles. The van der Waals surface area contributed by atoms with Crippen LogP contribution in [0.15, 0.2) is 36.8 Å². The van der Waals surface area contributed by atoms with Crippen molar-refractivity contribution in [1.29, 1.82) is 0 Å². The normalized spacial score (nSPS) is 9.87. The molecular weight excluding hydrogens is 190 g/mol. The second-order valence-electron chi connectivity index (χ2n) is 3.00. The summed E-state index contributed by atoms with van der Waals surface area (Å²) in [5.41, 5.74) is 6.37. The molecule has 0 radical (unpaired) electrons. The molecule has 0 bridgehead atoms. The Kier molecular flexibility index (Phi) is 2.73. The maximum absolute atomic E-state index is 5.42. The molecule has 0 atom stereocenters. The Hall–Kier alpha value is -2.17. The van der Waals surface area contributed by atoms with Gasteiger partial charge < -0.3 is 11.1 Å². The average molecular weight is 201 g/mol. The molecule has 0 spiro atoms. The van der Waals surface area contributed by atoms with Crippen LogP contribution in [0, 0.1) is 0 Å². The maximum atomic E-state index is 5.42. The highest BCUT2D eigenvalue weighted by molar-refractivity contribution is 5.36. The highest BCUT2D eigenvalue weighted by Crippen LogP contribution is 2.03. The van der Waals surface area contributed by atoms with Crippen molar-refractivity contribution in [3.8, 4) is 0 Å². The third-order valence-corrected chi connectivity index (χ3v) is 1.85. The first-order valence-corrected chi connectivity index (χ1v) is 4.56. The molecule has 2 aromatic rings. The molecule has 0 aromatic carbocycles. The van der Waals surface area contributed by atoms with E-state index in [1.54, 1.807) is 12.4 Å². The second kappa shape index (κ2) is 4.36. The third-order valence-electron chi connectivity index (χ3n) is 1.85. The topological polar surface area (TPSA) is 76.7 Å². The van der Waals surface area contributed by atoms with Crippen LogP contribution in [0.3, 0.4) is 0 Å². The first-order chi connectivity index (χ1) is 7.34. The van der Waals surface area contributed by atoms with Crippen LogP contribution in [0.25, 0.3) is 0 Å². The fraction of sp³-hybridized carbons (Fsp3) is 0.100. The third kappa shape index (κ3) is 2.63. The van der Waals surface area contributed by atoms with Crippen LogP contribution in [0.5, 0.6) is 0 Å². The SMILES string of the molecule is Nc1cnc(NCc2ccccn2)cn1. The van der Waals surface area contributed by atoms with Crippen LogP contribution in [0.4, 0.5) is 11.6 Å². The van der Waals surface area contributed by atoms with E-state index < -0.39 is 0 Å². The van der Waals surface area contributed by atoms with E-state index in [4.69, 9.17) is 5.73 Å². The number of hydrogen-bond acceptors (Lipinski definition) is 5. The lowest BCUT2D eigenvalue weighted by Gasteiger charge is -2.03. The van der Waals surface area contributed by atoms with E-state index in [0.717, 1.165) is 5.69 Å². The van der Waals surface area contributed by atoms with Gasteiger partial charge in [-0.05, 0) is 12.1 Å². The molecule has 5 heteroatoms. The number of nitrogens with two attached hydrogens (primary N) is 1. The number of nitrogens with zero attached hydrogens (tertiary/aromatic N) is 3. The van der Waals surface area contributed by atoms with Crippen LogP contribution in [0.2, 0.25) is 0 Å². The molecule has 0 amide bonds. The first-order valence-electron chi connectivity index (χ1n) is 4.56. The minimum atomic E-state index is 0.415. The fourth-order valence-corrected chi connectivity index (χ4v) is 1.11. The van der Waals surface area contributed by atoms with E-state index in [1.165, 1.54) is 6.20 Å². The zero-order chi connectivity index (χ0) is 10.5. The number of hydrogen-bond donors (Lipinski definition) is 2. The van der Waals surface area contributed by atoms with Crippen molar-refractivity contribution in [2.24, 2.45) is 0 Å². The number of nitrogens with one attached hydrogen (secondary N) is 1. The van der Waals surface area contributed by atoms with Crippen molar-refractivity contribution in [3.63, 3.8) is 0 Å². The van der Waals surface area contributed by atoms with E-state index in [2.05, 4.69) is 20.3 Å². The Morgan fingerprint density at radius 1 is 1.13 bits per heavy atom. The molecule has 0 aliphatic rings. The Balaban J connectivity index is 1.96. The Labute approximate surface area is 87.4 Å². The van der Waals surface area contributed by atoms with Crippen molar-refractivity contribution < 1.29 is 0 Å². The molecule has 0 aliphatic carbocycles. The zero-order valence-corrected chi connectivity index (χ0v) is 8.09. The Morgan fingerprint density at radius 2 is 2.07 bits per heavy atom. The molecule has 76 valence electrons.